The third kappa shape index (κ3) is 3.71. The maximum Gasteiger partial charge on any atom is 0.352 e. The predicted octanol–water partition coefficient (Wildman–Crippen LogP) is -1.87. The van der Waals surface area contributed by atoms with Crippen molar-refractivity contribution in [2.45, 2.75) is 18.3 Å². The fourth-order valence-corrected chi connectivity index (χ4v) is 4.04. The minimum Gasteiger partial charge on any atom is -0.477 e. The highest BCUT2D eigenvalue weighted by atomic mass is 32.2. The lowest BCUT2D eigenvalue weighted by Gasteiger charge is -2.49. The Labute approximate surface area is 165 Å². The van der Waals surface area contributed by atoms with Crippen molar-refractivity contribution < 1.29 is 38.8 Å². The number of anilines is 1. The summed E-state index contributed by atoms with van der Waals surface area (Å²) in [6.07, 6.45) is 0. The molecule has 0 spiro atoms. The number of nitrogens with zero attached hydrogens (tertiary/aromatic N) is 4. The Morgan fingerprint density at radius 2 is 2.21 bits per heavy atom. The molecular formula is C14H14N6O8S. The molecule has 1 fully saturated rings. The summed E-state index contributed by atoms with van der Waals surface area (Å²) in [7, 11) is 0. The molecule has 1 unspecified atom stereocenters. The molecule has 0 aliphatic carbocycles. The molecule has 29 heavy (non-hydrogen) atoms. The van der Waals surface area contributed by atoms with Crippen LogP contribution in [0, 0.1) is 0 Å². The molecular weight excluding hydrogens is 412 g/mol. The van der Waals surface area contributed by atoms with Crippen molar-refractivity contribution >= 4 is 47.2 Å². The van der Waals surface area contributed by atoms with Gasteiger partial charge in [-0.15, -0.1) is 11.8 Å². The van der Waals surface area contributed by atoms with E-state index >= 15 is 0 Å². The minimum absolute atomic E-state index is 0.165. The van der Waals surface area contributed by atoms with Gasteiger partial charge in [0, 0.05) is 18.2 Å². The van der Waals surface area contributed by atoms with E-state index in [1.54, 1.807) is 0 Å². The number of carbonyl (C=O) groups is 4. The number of nitrogen functional groups attached to an aromatic ring is 1. The summed E-state index contributed by atoms with van der Waals surface area (Å²) >= 11 is 1.17. The number of carboxylic acid groups (broad SMARTS) is 1. The number of β-lactam (4-membered cyclic amide) rings is 1. The van der Waals surface area contributed by atoms with Gasteiger partial charge in [-0.25, -0.2) is 4.79 Å². The highest BCUT2D eigenvalue weighted by Crippen LogP contribution is 2.40. The molecule has 14 nitrogen and oxygen atoms in total. The number of aromatic nitrogens is 2. The molecule has 0 radical (unpaired) electrons. The number of fused-ring (bicyclic) bond motifs is 1. The summed E-state index contributed by atoms with van der Waals surface area (Å²) in [6.45, 7) is 0.913. The average molecular weight is 426 g/mol. The molecule has 3 rings (SSSR count). The number of thioether (sulfide) groups is 1. The molecule has 1 aromatic heterocycles. The molecule has 1 saturated heterocycles. The van der Waals surface area contributed by atoms with E-state index in [-0.39, 0.29) is 29.6 Å². The number of carboxylic acids is 1. The highest BCUT2D eigenvalue weighted by molar-refractivity contribution is 8.00. The number of hydrogen-bond acceptors (Lipinski definition) is 12. The summed E-state index contributed by atoms with van der Waals surface area (Å²) < 4.78 is 9.34. The molecule has 2 aliphatic rings. The number of nitrogens with two attached hydrogens (primary N) is 1. The zero-order valence-electron chi connectivity index (χ0n) is 14.7. The van der Waals surface area contributed by atoms with Crippen LogP contribution in [-0.4, -0.2) is 78.6 Å². The summed E-state index contributed by atoms with van der Waals surface area (Å²) in [6, 6.07) is -1.45. The lowest BCUT2D eigenvalue weighted by molar-refractivity contribution is -0.150. The van der Waals surface area contributed by atoms with Gasteiger partial charge in [-0.05, 0) is 0 Å². The Morgan fingerprint density at radius 1 is 1.48 bits per heavy atom. The second-order valence-electron chi connectivity index (χ2n) is 5.80. The van der Waals surface area contributed by atoms with Gasteiger partial charge < -0.3 is 30.6 Å². The number of carbonyl (C=O) groups excluding carboxylic acids is 3. The SMILES string of the molecule is CC(=O)OCC1=C(C(=O)O)N2C(=O)C(NC(=O)/C(=N\O)c3noc(N)n3)[C@H]2SC1. The molecule has 1 aromatic rings. The van der Waals surface area contributed by atoms with Gasteiger partial charge in [-0.3, -0.25) is 19.3 Å². The summed E-state index contributed by atoms with van der Waals surface area (Å²) in [5, 5.41) is 26.3. The molecule has 5 N–H and O–H groups in total. The first-order chi connectivity index (χ1) is 13.7. The Morgan fingerprint density at radius 3 is 2.76 bits per heavy atom. The molecule has 2 aliphatic heterocycles. The van der Waals surface area contributed by atoms with Crippen molar-refractivity contribution in [1.29, 1.82) is 0 Å². The molecule has 3 heterocycles. The van der Waals surface area contributed by atoms with Crippen LogP contribution in [0.3, 0.4) is 0 Å². The van der Waals surface area contributed by atoms with Gasteiger partial charge in [-0.1, -0.05) is 10.3 Å². The smallest absolute Gasteiger partial charge is 0.352 e. The first-order valence-corrected chi connectivity index (χ1v) is 8.95. The maximum absolute atomic E-state index is 12.5. The molecule has 0 bridgehead atoms. The normalized spacial score (nSPS) is 21.3. The summed E-state index contributed by atoms with van der Waals surface area (Å²) in [5.74, 6) is -3.87. The van der Waals surface area contributed by atoms with Crippen LogP contribution in [0.25, 0.3) is 0 Å². The van der Waals surface area contributed by atoms with Crippen molar-refractivity contribution in [2.75, 3.05) is 18.1 Å². The number of oxime groups is 1. The zero-order valence-corrected chi connectivity index (χ0v) is 15.5. The molecule has 2 atom stereocenters. The lowest BCUT2D eigenvalue weighted by Crippen LogP contribution is -2.71. The van der Waals surface area contributed by atoms with Crippen LogP contribution in [-0.2, 0) is 23.9 Å². The molecule has 15 heteroatoms. The van der Waals surface area contributed by atoms with E-state index in [0.717, 1.165) is 4.90 Å². The van der Waals surface area contributed by atoms with E-state index in [1.165, 1.54) is 18.7 Å². The highest BCUT2D eigenvalue weighted by Gasteiger charge is 2.54. The van der Waals surface area contributed by atoms with E-state index in [1.807, 2.05) is 0 Å². The van der Waals surface area contributed by atoms with Crippen LogP contribution in [0.2, 0.25) is 0 Å². The van der Waals surface area contributed by atoms with Crippen LogP contribution >= 0.6 is 11.8 Å². The van der Waals surface area contributed by atoms with E-state index in [0.29, 0.717) is 0 Å². The molecule has 2 amide bonds. The van der Waals surface area contributed by atoms with Crippen molar-refractivity contribution in [1.82, 2.24) is 20.4 Å². The number of amides is 2. The van der Waals surface area contributed by atoms with Gasteiger partial charge in [0.2, 0.25) is 11.5 Å². The van der Waals surface area contributed by atoms with E-state index in [2.05, 4.69) is 25.1 Å². The largest absolute Gasteiger partial charge is 0.477 e. The average Bonchev–Trinajstić information content (AvgIpc) is 3.09. The van der Waals surface area contributed by atoms with Gasteiger partial charge in [0.15, 0.2) is 0 Å². The third-order valence-electron chi connectivity index (χ3n) is 3.95. The Kier molecular flexibility index (Phi) is 5.40. The van der Waals surface area contributed by atoms with Crippen molar-refractivity contribution in [3.8, 4) is 0 Å². The van der Waals surface area contributed by atoms with Crippen LogP contribution in [0.5, 0.6) is 0 Å². The monoisotopic (exact) mass is 426 g/mol. The first-order valence-electron chi connectivity index (χ1n) is 7.90. The zero-order chi connectivity index (χ0) is 21.3. The number of rotatable bonds is 6. The van der Waals surface area contributed by atoms with Gasteiger partial charge in [0.05, 0.1) is 0 Å². The molecule has 154 valence electrons. The molecule has 0 saturated carbocycles. The topological polar surface area (TPSA) is 211 Å². The summed E-state index contributed by atoms with van der Waals surface area (Å²) in [4.78, 5) is 52.0. The van der Waals surface area contributed by atoms with E-state index in [9.17, 15) is 24.3 Å². The number of nitrogens with one attached hydrogen (secondary N) is 1. The minimum atomic E-state index is -1.37. The van der Waals surface area contributed by atoms with Crippen molar-refractivity contribution in [3.05, 3.63) is 17.1 Å². The number of hydrogen-bond donors (Lipinski definition) is 4. The van der Waals surface area contributed by atoms with Crippen molar-refractivity contribution in [3.63, 3.8) is 0 Å². The summed E-state index contributed by atoms with van der Waals surface area (Å²) in [5.41, 5.74) is 4.58. The maximum atomic E-state index is 12.5. The first kappa shape index (κ1) is 20.1. The van der Waals surface area contributed by atoms with Gasteiger partial charge in [0.1, 0.15) is 23.7 Å². The van der Waals surface area contributed by atoms with Crippen LogP contribution in [0.1, 0.15) is 12.7 Å². The van der Waals surface area contributed by atoms with Crippen LogP contribution < -0.4 is 11.1 Å². The standard InChI is InChI=1S/C14H14N6O8S/c1-4(21)27-2-5-3-29-12-7(11(23)20(12)8(5)13(24)25)16-10(22)6(18-26)9-17-14(15)28-19-9/h7,12,26H,2-3H2,1H3,(H,16,22)(H,24,25)(H2,15,17,19)/b18-6-/t7?,12-/m1/s1. The van der Waals surface area contributed by atoms with Crippen LogP contribution in [0.15, 0.2) is 20.9 Å². The predicted molar refractivity (Wildman–Crippen MR) is 93.4 cm³/mol. The fourth-order valence-electron chi connectivity index (χ4n) is 2.72. The van der Waals surface area contributed by atoms with Gasteiger partial charge in [-0.2, -0.15) is 4.98 Å². The number of ether oxygens (including phenoxy) is 1. The second kappa shape index (κ2) is 7.78. The number of aliphatic carboxylic acids is 1. The number of esters is 1. The van der Waals surface area contributed by atoms with E-state index in [4.69, 9.17) is 15.7 Å². The lowest BCUT2D eigenvalue weighted by atomic mass is 10.0. The van der Waals surface area contributed by atoms with Crippen molar-refractivity contribution in [2.24, 2.45) is 5.16 Å². The Bertz CT molecular complexity index is 956. The molecule has 0 aromatic carbocycles. The quantitative estimate of drug-likeness (QED) is 0.130. The Hall–Kier alpha value is -3.62. The van der Waals surface area contributed by atoms with Crippen LogP contribution in [0.4, 0.5) is 6.01 Å². The van der Waals surface area contributed by atoms with Gasteiger partial charge >= 0.3 is 18.0 Å². The van der Waals surface area contributed by atoms with Gasteiger partial charge in [0.25, 0.3) is 11.8 Å². The van der Waals surface area contributed by atoms with E-state index < -0.39 is 46.7 Å². The fraction of sp³-hybridized carbons (Fsp3) is 0.357. The second-order valence-corrected chi connectivity index (χ2v) is 6.91. The third-order valence-corrected chi connectivity index (χ3v) is 5.29. The Balaban J connectivity index is 1.76.